The predicted octanol–water partition coefficient (Wildman–Crippen LogP) is 1.81. The lowest BCUT2D eigenvalue weighted by molar-refractivity contribution is 0.143. The normalized spacial score (nSPS) is 20.2. The molecule has 0 aromatic carbocycles. The number of hydrogen-bond donors (Lipinski definition) is 0. The van der Waals surface area contributed by atoms with E-state index in [0.717, 1.165) is 6.42 Å². The van der Waals surface area contributed by atoms with Gasteiger partial charge in [-0.15, -0.1) is 0 Å². The molecule has 0 aliphatic heterocycles. The monoisotopic (exact) mass is 256 g/mol. The zero-order chi connectivity index (χ0) is 13.4. The van der Waals surface area contributed by atoms with Crippen LogP contribution in [0.5, 0.6) is 0 Å². The molecule has 1 aliphatic rings. The molecule has 4 heteroatoms. The Morgan fingerprint density at radius 1 is 0.944 bits per heavy atom. The van der Waals surface area contributed by atoms with Crippen LogP contribution in [-0.2, 0) is 18.9 Å². The molecule has 1 rings (SSSR count). The minimum atomic E-state index is 0.376. The van der Waals surface area contributed by atoms with Crippen LogP contribution in [-0.4, -0.2) is 54.9 Å². The third kappa shape index (κ3) is 4.21. The summed E-state index contributed by atoms with van der Waals surface area (Å²) in [4.78, 5) is 0. The van der Waals surface area contributed by atoms with E-state index in [1.165, 1.54) is 16.7 Å². The van der Waals surface area contributed by atoms with Gasteiger partial charge in [0, 0.05) is 34.4 Å². The Morgan fingerprint density at radius 2 is 1.61 bits per heavy atom. The molecule has 4 nitrogen and oxygen atoms in total. The smallest absolute Gasteiger partial charge is 0.0713 e. The van der Waals surface area contributed by atoms with Crippen molar-refractivity contribution in [1.29, 1.82) is 0 Å². The second-order valence-corrected chi connectivity index (χ2v) is 4.50. The van der Waals surface area contributed by atoms with Gasteiger partial charge in [0.05, 0.1) is 26.4 Å². The van der Waals surface area contributed by atoms with Gasteiger partial charge in [0.2, 0.25) is 0 Å². The fourth-order valence-corrected chi connectivity index (χ4v) is 2.32. The van der Waals surface area contributed by atoms with Crippen molar-refractivity contribution in [2.75, 3.05) is 54.9 Å². The molecule has 0 fully saturated rings. The van der Waals surface area contributed by atoms with Crippen molar-refractivity contribution in [3.63, 3.8) is 0 Å². The Morgan fingerprint density at radius 3 is 2.17 bits per heavy atom. The summed E-state index contributed by atoms with van der Waals surface area (Å²) in [6.07, 6.45) is 3.13. The molecular formula is C14H24O4. The second-order valence-electron chi connectivity index (χ2n) is 4.50. The number of hydrogen-bond acceptors (Lipinski definition) is 4. The van der Waals surface area contributed by atoms with Crippen molar-refractivity contribution in [3.8, 4) is 0 Å². The molecule has 1 aliphatic carbocycles. The maximum Gasteiger partial charge on any atom is 0.0713 e. The summed E-state index contributed by atoms with van der Waals surface area (Å²) < 4.78 is 21.1. The lowest BCUT2D eigenvalue weighted by atomic mass is 9.84. The van der Waals surface area contributed by atoms with Gasteiger partial charge in [0.1, 0.15) is 0 Å². The van der Waals surface area contributed by atoms with Gasteiger partial charge in [-0.05, 0) is 23.1 Å². The topological polar surface area (TPSA) is 36.9 Å². The molecule has 0 aromatic heterocycles. The molecular weight excluding hydrogens is 232 g/mol. The highest BCUT2D eigenvalue weighted by Gasteiger charge is 2.23. The van der Waals surface area contributed by atoms with Gasteiger partial charge < -0.3 is 18.9 Å². The average molecular weight is 256 g/mol. The molecule has 0 saturated carbocycles. The Kier molecular flexibility index (Phi) is 7.20. The highest BCUT2D eigenvalue weighted by Crippen LogP contribution is 2.30. The van der Waals surface area contributed by atoms with Crippen molar-refractivity contribution < 1.29 is 18.9 Å². The van der Waals surface area contributed by atoms with E-state index in [-0.39, 0.29) is 0 Å². The van der Waals surface area contributed by atoms with Crippen molar-refractivity contribution in [2.45, 2.75) is 6.42 Å². The van der Waals surface area contributed by atoms with Gasteiger partial charge >= 0.3 is 0 Å². The van der Waals surface area contributed by atoms with Crippen LogP contribution in [0.1, 0.15) is 6.42 Å². The van der Waals surface area contributed by atoms with E-state index < -0.39 is 0 Å². The molecule has 0 amide bonds. The molecule has 104 valence electrons. The predicted molar refractivity (Wildman–Crippen MR) is 70.7 cm³/mol. The van der Waals surface area contributed by atoms with E-state index in [1.807, 2.05) is 0 Å². The van der Waals surface area contributed by atoms with Crippen LogP contribution in [0.3, 0.4) is 0 Å². The third-order valence-electron chi connectivity index (χ3n) is 3.13. The number of rotatable bonds is 8. The first-order valence-electron chi connectivity index (χ1n) is 6.13. The van der Waals surface area contributed by atoms with Gasteiger partial charge in [-0.1, -0.05) is 6.08 Å². The highest BCUT2D eigenvalue weighted by atomic mass is 16.5. The number of methoxy groups -OCH3 is 4. The molecule has 1 atom stereocenters. The summed E-state index contributed by atoms with van der Waals surface area (Å²) in [6.45, 7) is 2.62. The maximum atomic E-state index is 5.29. The summed E-state index contributed by atoms with van der Waals surface area (Å²) in [6, 6.07) is 0. The van der Waals surface area contributed by atoms with Gasteiger partial charge in [-0.3, -0.25) is 0 Å². The van der Waals surface area contributed by atoms with Crippen molar-refractivity contribution in [2.24, 2.45) is 5.92 Å². The van der Waals surface area contributed by atoms with E-state index in [1.54, 1.807) is 28.4 Å². The molecule has 0 saturated heterocycles. The summed E-state index contributed by atoms with van der Waals surface area (Å²) in [7, 11) is 6.88. The fourth-order valence-electron chi connectivity index (χ4n) is 2.32. The average Bonchev–Trinajstić information content (AvgIpc) is 2.35. The molecule has 0 N–H and O–H groups in total. The van der Waals surface area contributed by atoms with Crippen LogP contribution in [0.15, 0.2) is 22.8 Å². The zero-order valence-corrected chi connectivity index (χ0v) is 11.8. The van der Waals surface area contributed by atoms with E-state index in [4.69, 9.17) is 18.9 Å². The lowest BCUT2D eigenvalue weighted by Crippen LogP contribution is -2.22. The maximum absolute atomic E-state index is 5.29. The minimum absolute atomic E-state index is 0.376. The second kappa shape index (κ2) is 8.43. The molecule has 0 radical (unpaired) electrons. The minimum Gasteiger partial charge on any atom is -0.384 e. The van der Waals surface area contributed by atoms with Crippen molar-refractivity contribution in [1.82, 2.24) is 0 Å². The summed E-state index contributed by atoms with van der Waals surface area (Å²) in [5.41, 5.74) is 3.77. The summed E-state index contributed by atoms with van der Waals surface area (Å²) >= 11 is 0. The molecule has 0 aromatic rings. The quantitative estimate of drug-likeness (QED) is 0.664. The molecule has 0 heterocycles. The molecule has 18 heavy (non-hydrogen) atoms. The van der Waals surface area contributed by atoms with E-state index in [2.05, 4.69) is 6.08 Å². The largest absolute Gasteiger partial charge is 0.384 e. The lowest BCUT2D eigenvalue weighted by Gasteiger charge is -2.27. The Bertz CT molecular complexity index is 307. The van der Waals surface area contributed by atoms with Crippen LogP contribution in [0.2, 0.25) is 0 Å². The van der Waals surface area contributed by atoms with Crippen LogP contribution < -0.4 is 0 Å². The zero-order valence-electron chi connectivity index (χ0n) is 11.8. The fraction of sp³-hybridized carbons (Fsp3) is 0.714. The van der Waals surface area contributed by atoms with Gasteiger partial charge in [0.15, 0.2) is 0 Å². The molecule has 0 bridgehead atoms. The van der Waals surface area contributed by atoms with Crippen LogP contribution >= 0.6 is 0 Å². The number of ether oxygens (including phenoxy) is 4. The summed E-state index contributed by atoms with van der Waals surface area (Å²) in [5.74, 6) is 0.376. The van der Waals surface area contributed by atoms with Crippen molar-refractivity contribution in [3.05, 3.63) is 22.8 Å². The Balaban J connectivity index is 2.90. The van der Waals surface area contributed by atoms with Gasteiger partial charge in [-0.25, -0.2) is 0 Å². The standard InChI is InChI=1S/C14H24O4/c1-15-7-11-5-13(9-17-3)14(10-18-4)6-12(11)8-16-2/h5,12H,6-10H2,1-4H3. The Hall–Kier alpha value is -0.680. The SMILES string of the molecule is COCC1=CC(COC)=C(COC)CC1COC. The van der Waals surface area contributed by atoms with E-state index in [9.17, 15) is 0 Å². The van der Waals surface area contributed by atoms with Crippen LogP contribution in [0.4, 0.5) is 0 Å². The highest BCUT2D eigenvalue weighted by molar-refractivity contribution is 5.36. The first kappa shape index (κ1) is 15.4. The first-order chi connectivity index (χ1) is 8.76. The molecule has 1 unspecified atom stereocenters. The Labute approximate surface area is 110 Å². The van der Waals surface area contributed by atoms with Crippen molar-refractivity contribution >= 4 is 0 Å². The molecule has 0 spiro atoms. The first-order valence-corrected chi connectivity index (χ1v) is 6.13. The van der Waals surface area contributed by atoms with E-state index in [0.29, 0.717) is 32.3 Å². The van der Waals surface area contributed by atoms with E-state index >= 15 is 0 Å². The van der Waals surface area contributed by atoms with Gasteiger partial charge in [-0.2, -0.15) is 0 Å². The third-order valence-corrected chi connectivity index (χ3v) is 3.13. The summed E-state index contributed by atoms with van der Waals surface area (Å²) in [5, 5.41) is 0. The van der Waals surface area contributed by atoms with Crippen LogP contribution in [0, 0.1) is 5.92 Å². The van der Waals surface area contributed by atoms with Gasteiger partial charge in [0.25, 0.3) is 0 Å². The van der Waals surface area contributed by atoms with Crippen LogP contribution in [0.25, 0.3) is 0 Å².